The number of likely N-dealkylation sites (tertiary alicyclic amines) is 1. The van der Waals surface area contributed by atoms with Gasteiger partial charge in [0.2, 0.25) is 0 Å². The van der Waals surface area contributed by atoms with Crippen LogP contribution in [0.4, 0.5) is 4.39 Å². The Morgan fingerprint density at radius 3 is 2.62 bits per heavy atom. The topological polar surface area (TPSA) is 21.7 Å². The van der Waals surface area contributed by atoms with E-state index < -0.39 is 0 Å². The van der Waals surface area contributed by atoms with Gasteiger partial charge in [0.25, 0.3) is 0 Å². The average Bonchev–Trinajstić information content (AvgIpc) is 2.66. The van der Waals surface area contributed by atoms with Crippen LogP contribution >= 0.6 is 12.2 Å². The first-order valence-electron chi connectivity index (χ1n) is 8.91. The second-order valence-electron chi connectivity index (χ2n) is 6.76. The number of piperidine rings is 1. The molecule has 0 N–H and O–H groups in total. The van der Waals surface area contributed by atoms with Crippen LogP contribution in [0.1, 0.15) is 30.9 Å². The Bertz CT molecular complexity index is 772. The minimum atomic E-state index is -0.269. The molecule has 26 heavy (non-hydrogen) atoms. The van der Waals surface area contributed by atoms with Crippen LogP contribution in [0.25, 0.3) is 0 Å². The summed E-state index contributed by atoms with van der Waals surface area (Å²) in [5, 5.41) is 0. The fourth-order valence-corrected chi connectivity index (χ4v) is 3.41. The van der Waals surface area contributed by atoms with E-state index in [0.29, 0.717) is 11.5 Å². The summed E-state index contributed by atoms with van der Waals surface area (Å²) in [6.07, 6.45) is 2.35. The summed E-state index contributed by atoms with van der Waals surface area (Å²) < 4.78 is 24.6. The highest BCUT2D eigenvalue weighted by molar-refractivity contribution is 7.80. The van der Waals surface area contributed by atoms with Crippen molar-refractivity contribution in [2.75, 3.05) is 20.2 Å². The van der Waals surface area contributed by atoms with E-state index in [1.807, 2.05) is 24.3 Å². The van der Waals surface area contributed by atoms with Crippen molar-refractivity contribution >= 4 is 17.2 Å². The Hall–Kier alpha value is -2.14. The zero-order valence-electron chi connectivity index (χ0n) is 15.2. The quantitative estimate of drug-likeness (QED) is 0.701. The third kappa shape index (κ3) is 4.52. The van der Waals surface area contributed by atoms with Crippen molar-refractivity contribution in [1.82, 2.24) is 4.90 Å². The van der Waals surface area contributed by atoms with Crippen LogP contribution in [0.5, 0.6) is 11.5 Å². The van der Waals surface area contributed by atoms with Crippen molar-refractivity contribution < 1.29 is 13.9 Å². The zero-order valence-corrected chi connectivity index (χ0v) is 16.0. The predicted molar refractivity (Wildman–Crippen MR) is 105 cm³/mol. The molecule has 2 aromatic carbocycles. The van der Waals surface area contributed by atoms with E-state index in [1.165, 1.54) is 25.0 Å². The minimum Gasteiger partial charge on any atom is -0.493 e. The summed E-state index contributed by atoms with van der Waals surface area (Å²) >= 11 is 5.67. The Morgan fingerprint density at radius 2 is 1.92 bits per heavy atom. The molecule has 0 spiro atoms. The van der Waals surface area contributed by atoms with Gasteiger partial charge < -0.3 is 14.4 Å². The fraction of sp³-hybridized carbons (Fsp3) is 0.381. The van der Waals surface area contributed by atoms with E-state index in [-0.39, 0.29) is 12.4 Å². The number of ether oxygens (including phenoxy) is 2. The summed E-state index contributed by atoms with van der Waals surface area (Å²) in [4.78, 5) is 3.11. The molecule has 0 unspecified atom stereocenters. The van der Waals surface area contributed by atoms with Crippen LogP contribution in [-0.2, 0) is 6.61 Å². The van der Waals surface area contributed by atoms with E-state index in [2.05, 4.69) is 11.8 Å². The van der Waals surface area contributed by atoms with Crippen LogP contribution in [-0.4, -0.2) is 30.1 Å². The highest BCUT2D eigenvalue weighted by Gasteiger charge is 2.19. The molecule has 1 saturated heterocycles. The maximum absolute atomic E-state index is 13.3. The van der Waals surface area contributed by atoms with Crippen molar-refractivity contribution in [2.45, 2.75) is 26.4 Å². The van der Waals surface area contributed by atoms with Crippen molar-refractivity contribution in [2.24, 2.45) is 5.92 Å². The van der Waals surface area contributed by atoms with Gasteiger partial charge in [-0.05, 0) is 54.7 Å². The molecule has 3 nitrogen and oxygen atoms in total. The van der Waals surface area contributed by atoms with Gasteiger partial charge in [-0.3, -0.25) is 0 Å². The molecule has 138 valence electrons. The first-order chi connectivity index (χ1) is 12.6. The number of benzene rings is 2. The second-order valence-corrected chi connectivity index (χ2v) is 7.15. The van der Waals surface area contributed by atoms with Crippen LogP contribution in [0.2, 0.25) is 0 Å². The lowest BCUT2D eigenvalue weighted by molar-refractivity contribution is 0.282. The SMILES string of the molecule is COc1cc(C(=S)N2CCC(C)CC2)ccc1OCc1cccc(F)c1. The van der Waals surface area contributed by atoms with E-state index in [9.17, 15) is 4.39 Å². The molecule has 3 rings (SSSR count). The van der Waals surface area contributed by atoms with Gasteiger partial charge in [-0.15, -0.1) is 0 Å². The number of methoxy groups -OCH3 is 1. The number of nitrogens with zero attached hydrogens (tertiary/aromatic N) is 1. The molecule has 0 radical (unpaired) electrons. The molecule has 1 aliphatic rings. The summed E-state index contributed by atoms with van der Waals surface area (Å²) in [5.74, 6) is 1.75. The van der Waals surface area contributed by atoms with Crippen LogP contribution in [0, 0.1) is 11.7 Å². The van der Waals surface area contributed by atoms with Crippen molar-refractivity contribution in [3.05, 3.63) is 59.4 Å². The number of hydrogen-bond donors (Lipinski definition) is 0. The van der Waals surface area contributed by atoms with Crippen molar-refractivity contribution in [3.8, 4) is 11.5 Å². The maximum Gasteiger partial charge on any atom is 0.161 e. The first-order valence-corrected chi connectivity index (χ1v) is 9.32. The van der Waals surface area contributed by atoms with E-state index >= 15 is 0 Å². The molecule has 1 heterocycles. The van der Waals surface area contributed by atoms with Gasteiger partial charge in [-0.25, -0.2) is 4.39 Å². The monoisotopic (exact) mass is 373 g/mol. The molecular weight excluding hydrogens is 349 g/mol. The number of hydrogen-bond acceptors (Lipinski definition) is 3. The minimum absolute atomic E-state index is 0.269. The Balaban J connectivity index is 1.70. The first kappa shape index (κ1) is 18.6. The van der Waals surface area contributed by atoms with E-state index in [1.54, 1.807) is 13.2 Å². The number of halogens is 1. The second kappa shape index (κ2) is 8.49. The predicted octanol–water partition coefficient (Wildman–Crippen LogP) is 4.82. The lowest BCUT2D eigenvalue weighted by Gasteiger charge is -2.32. The lowest BCUT2D eigenvalue weighted by atomic mass is 9.99. The lowest BCUT2D eigenvalue weighted by Crippen LogP contribution is -2.37. The van der Waals surface area contributed by atoms with Crippen LogP contribution < -0.4 is 9.47 Å². The Morgan fingerprint density at radius 1 is 1.15 bits per heavy atom. The molecule has 0 aliphatic carbocycles. The molecule has 5 heteroatoms. The summed E-state index contributed by atoms with van der Waals surface area (Å²) in [5.41, 5.74) is 1.73. The fourth-order valence-electron chi connectivity index (χ4n) is 3.10. The van der Waals surface area contributed by atoms with E-state index in [4.69, 9.17) is 21.7 Å². The smallest absolute Gasteiger partial charge is 0.161 e. The Labute approximate surface area is 159 Å². The van der Waals surface area contributed by atoms with Gasteiger partial charge in [0, 0.05) is 18.7 Å². The summed E-state index contributed by atoms with van der Waals surface area (Å²) in [6, 6.07) is 12.1. The molecule has 0 atom stereocenters. The normalized spacial score (nSPS) is 15.0. The van der Waals surface area contributed by atoms with Crippen LogP contribution in [0.15, 0.2) is 42.5 Å². The molecule has 0 aromatic heterocycles. The highest BCUT2D eigenvalue weighted by Crippen LogP contribution is 2.30. The molecule has 1 fully saturated rings. The van der Waals surface area contributed by atoms with Gasteiger partial charge in [0.15, 0.2) is 11.5 Å². The van der Waals surface area contributed by atoms with Gasteiger partial charge in [0.05, 0.1) is 7.11 Å². The highest BCUT2D eigenvalue weighted by atomic mass is 32.1. The number of thiocarbonyl (C=S) groups is 1. The third-order valence-corrected chi connectivity index (χ3v) is 5.26. The summed E-state index contributed by atoms with van der Waals surface area (Å²) in [6.45, 7) is 4.57. The van der Waals surface area contributed by atoms with E-state index in [0.717, 1.165) is 35.1 Å². The molecule has 2 aromatic rings. The zero-order chi connectivity index (χ0) is 18.5. The Kier molecular flexibility index (Phi) is 6.09. The van der Waals surface area contributed by atoms with Crippen molar-refractivity contribution in [1.29, 1.82) is 0 Å². The summed E-state index contributed by atoms with van der Waals surface area (Å²) in [7, 11) is 1.61. The molecule has 0 bridgehead atoms. The third-order valence-electron chi connectivity index (χ3n) is 4.76. The number of rotatable bonds is 5. The molecular formula is C21H24FNO2S. The van der Waals surface area contributed by atoms with Gasteiger partial charge >= 0.3 is 0 Å². The standard InChI is InChI=1S/C21H24FNO2S/c1-15-8-10-23(11-9-15)21(26)17-6-7-19(20(13-17)24-2)25-14-16-4-3-5-18(22)12-16/h3-7,12-13,15H,8-11,14H2,1-2H3. The van der Waals surface area contributed by atoms with Gasteiger partial charge in [0.1, 0.15) is 17.4 Å². The molecule has 1 aliphatic heterocycles. The maximum atomic E-state index is 13.3. The van der Waals surface area contributed by atoms with Gasteiger partial charge in [-0.1, -0.05) is 31.3 Å². The largest absolute Gasteiger partial charge is 0.493 e. The molecule has 0 saturated carbocycles. The average molecular weight is 373 g/mol. The molecule has 0 amide bonds. The van der Waals surface area contributed by atoms with Crippen molar-refractivity contribution in [3.63, 3.8) is 0 Å². The van der Waals surface area contributed by atoms with Gasteiger partial charge in [-0.2, -0.15) is 0 Å². The van der Waals surface area contributed by atoms with Crippen LogP contribution in [0.3, 0.4) is 0 Å².